The summed E-state index contributed by atoms with van der Waals surface area (Å²) in [6, 6.07) is 36.4. The molecule has 0 radical (unpaired) electrons. The maximum absolute atomic E-state index is 6.77. The molecule has 48 heavy (non-hydrogen) atoms. The van der Waals surface area contributed by atoms with Crippen molar-refractivity contribution >= 4 is 21.7 Å². The molecule has 4 aromatic carbocycles. The van der Waals surface area contributed by atoms with Crippen molar-refractivity contribution in [2.45, 2.75) is 96.9 Å². The zero-order valence-corrected chi connectivity index (χ0v) is 29.6. The summed E-state index contributed by atoms with van der Waals surface area (Å²) in [5.74, 6) is 0.325. The monoisotopic (exact) mass is 632 g/mol. The number of ether oxygens (including phenoxy) is 1. The van der Waals surface area contributed by atoms with Crippen LogP contribution in [0.2, 0.25) is 0 Å². The molecule has 2 aromatic heterocycles. The summed E-state index contributed by atoms with van der Waals surface area (Å²) in [5.41, 5.74) is 11.2. The largest absolute Gasteiger partial charge is 0.360 e. The van der Waals surface area contributed by atoms with Crippen LogP contribution in [0.25, 0.3) is 44.1 Å². The van der Waals surface area contributed by atoms with Gasteiger partial charge in [0.2, 0.25) is 11.2 Å². The van der Waals surface area contributed by atoms with E-state index in [4.69, 9.17) is 4.74 Å². The maximum Gasteiger partial charge on any atom is 0.220 e. The molecular formula is C45H48N2O+2. The third-order valence-electron chi connectivity index (χ3n) is 11.8. The third kappa shape index (κ3) is 4.58. The molecule has 3 heteroatoms. The van der Waals surface area contributed by atoms with Gasteiger partial charge in [-0.15, -0.1) is 0 Å². The maximum atomic E-state index is 6.77. The van der Waals surface area contributed by atoms with E-state index in [1.165, 1.54) is 66.3 Å². The minimum atomic E-state index is -0.354. The number of hydrogen-bond donors (Lipinski definition) is 0. The Labute approximate surface area is 285 Å². The molecule has 6 aromatic rings. The molecule has 0 fully saturated rings. The highest BCUT2D eigenvalue weighted by atomic mass is 16.5. The number of pyridine rings is 2. The topological polar surface area (TPSA) is 17.0 Å². The van der Waals surface area contributed by atoms with Crippen LogP contribution in [-0.4, -0.2) is 0 Å². The first-order chi connectivity index (χ1) is 23.1. The lowest BCUT2D eigenvalue weighted by atomic mass is 9.67. The Bertz CT molecular complexity index is 2210. The quantitative estimate of drug-likeness (QED) is 0.132. The Morgan fingerprint density at radius 2 is 1.40 bits per heavy atom. The second-order valence-electron chi connectivity index (χ2n) is 15.2. The molecule has 0 saturated heterocycles. The van der Waals surface area contributed by atoms with Crippen molar-refractivity contribution in [1.82, 2.24) is 0 Å². The van der Waals surface area contributed by atoms with E-state index in [1.54, 1.807) is 0 Å². The number of nitrogens with zero attached hydrogens (tertiary/aromatic N) is 2. The van der Waals surface area contributed by atoms with Gasteiger partial charge >= 0.3 is 0 Å². The van der Waals surface area contributed by atoms with E-state index >= 15 is 0 Å². The van der Waals surface area contributed by atoms with E-state index < -0.39 is 0 Å². The molecule has 1 atom stereocenters. The van der Waals surface area contributed by atoms with Crippen molar-refractivity contribution in [2.75, 3.05) is 0 Å². The van der Waals surface area contributed by atoms with Gasteiger partial charge in [-0.2, -0.15) is 9.13 Å². The first kappa shape index (κ1) is 31.0. The average Bonchev–Trinajstić information content (AvgIpc) is 3.28. The van der Waals surface area contributed by atoms with Gasteiger partial charge in [-0.1, -0.05) is 74.5 Å². The van der Waals surface area contributed by atoms with Gasteiger partial charge in [0.1, 0.15) is 6.54 Å². The van der Waals surface area contributed by atoms with Crippen LogP contribution in [0.5, 0.6) is 0 Å². The number of rotatable bonds is 6. The predicted octanol–water partition coefficient (Wildman–Crippen LogP) is 10.4. The predicted molar refractivity (Wildman–Crippen MR) is 197 cm³/mol. The van der Waals surface area contributed by atoms with Gasteiger partial charge in [-0.05, 0) is 91.6 Å². The average molecular weight is 633 g/mol. The molecule has 2 aliphatic rings. The van der Waals surface area contributed by atoms with Crippen molar-refractivity contribution in [3.63, 3.8) is 0 Å². The first-order valence-corrected chi connectivity index (χ1v) is 17.9. The summed E-state index contributed by atoms with van der Waals surface area (Å²) >= 11 is 0. The molecule has 2 aliphatic heterocycles. The molecule has 0 aliphatic carbocycles. The molecule has 0 saturated carbocycles. The Morgan fingerprint density at radius 3 is 2.15 bits per heavy atom. The zero-order valence-electron chi connectivity index (χ0n) is 29.6. The number of aromatic nitrogens is 2. The lowest BCUT2D eigenvalue weighted by Crippen LogP contribution is -2.62. The Kier molecular flexibility index (Phi) is 7.16. The summed E-state index contributed by atoms with van der Waals surface area (Å²) < 4.78 is 11.9. The van der Waals surface area contributed by atoms with Crippen LogP contribution in [0.15, 0.2) is 109 Å². The van der Waals surface area contributed by atoms with E-state index in [-0.39, 0.29) is 16.7 Å². The van der Waals surface area contributed by atoms with Crippen LogP contribution in [0, 0.1) is 6.92 Å². The fourth-order valence-corrected chi connectivity index (χ4v) is 9.52. The molecular weight excluding hydrogens is 585 g/mol. The van der Waals surface area contributed by atoms with Crippen LogP contribution in [-0.2, 0) is 28.0 Å². The highest BCUT2D eigenvalue weighted by molar-refractivity contribution is 6.05. The Balaban J connectivity index is 1.34. The fraction of sp³-hybridized carbons (Fsp3) is 0.333. The van der Waals surface area contributed by atoms with E-state index in [0.29, 0.717) is 5.92 Å². The van der Waals surface area contributed by atoms with Crippen LogP contribution < -0.4 is 9.13 Å². The van der Waals surface area contributed by atoms with E-state index in [1.807, 2.05) is 0 Å². The SMILES string of the molecule is CCC1(CC)C(CC[n+]2cccc3ccc4cccc(C)c4c32)c2cc3c(cc2-c2cc(-c4ccccc4)cc[n+]21)C(C)(C)OC3(C)C. The van der Waals surface area contributed by atoms with Crippen LogP contribution in [0.4, 0.5) is 0 Å². The van der Waals surface area contributed by atoms with Gasteiger partial charge in [-0.3, -0.25) is 0 Å². The Hall–Kier alpha value is -4.34. The minimum Gasteiger partial charge on any atom is -0.360 e. The van der Waals surface area contributed by atoms with Crippen molar-refractivity contribution < 1.29 is 13.9 Å². The second kappa shape index (κ2) is 11.1. The van der Waals surface area contributed by atoms with E-state index in [2.05, 4.69) is 167 Å². The summed E-state index contributed by atoms with van der Waals surface area (Å²) in [6.07, 6.45) is 7.84. The highest BCUT2D eigenvalue weighted by Gasteiger charge is 2.53. The third-order valence-corrected chi connectivity index (χ3v) is 11.8. The van der Waals surface area contributed by atoms with Gasteiger partial charge in [0.25, 0.3) is 0 Å². The molecule has 4 heterocycles. The fourth-order valence-electron chi connectivity index (χ4n) is 9.52. The molecule has 0 spiro atoms. The normalized spacial score (nSPS) is 18.4. The number of hydrogen-bond acceptors (Lipinski definition) is 1. The highest BCUT2D eigenvalue weighted by Crippen LogP contribution is 2.53. The zero-order chi connectivity index (χ0) is 33.4. The summed E-state index contributed by atoms with van der Waals surface area (Å²) in [5, 5.41) is 3.97. The smallest absolute Gasteiger partial charge is 0.220 e. The first-order valence-electron chi connectivity index (χ1n) is 17.9. The van der Waals surface area contributed by atoms with Crippen molar-refractivity contribution in [3.05, 3.63) is 132 Å². The molecule has 3 nitrogen and oxygen atoms in total. The van der Waals surface area contributed by atoms with E-state index in [9.17, 15) is 0 Å². The van der Waals surface area contributed by atoms with Crippen molar-refractivity contribution in [1.29, 1.82) is 0 Å². The van der Waals surface area contributed by atoms with E-state index in [0.717, 1.165) is 25.8 Å². The van der Waals surface area contributed by atoms with Gasteiger partial charge in [0.05, 0.1) is 28.1 Å². The molecule has 0 N–H and O–H groups in total. The molecule has 0 amide bonds. The van der Waals surface area contributed by atoms with Crippen molar-refractivity contribution in [2.24, 2.45) is 0 Å². The van der Waals surface area contributed by atoms with Crippen molar-refractivity contribution in [3.8, 4) is 22.4 Å². The number of benzene rings is 4. The van der Waals surface area contributed by atoms with Gasteiger partial charge in [0.15, 0.2) is 17.9 Å². The van der Waals surface area contributed by atoms with Crippen LogP contribution in [0.1, 0.15) is 89.0 Å². The standard InChI is InChI=1S/C45H48N2O/c1-8-45(9-2)37(23-25-46-24-14-19-33-21-20-32-18-13-15-30(3)41(32)42(33)46)35-28-38-39(44(6,7)48-43(38,4)5)29-36(35)40-27-34(22-26-47(40)45)31-16-11-10-12-17-31/h10-22,24,26-29,37H,8-9,23,25H2,1-7H3/q+2. The number of aryl methyl sites for hydroxylation is 2. The van der Waals surface area contributed by atoms with Gasteiger partial charge in [0, 0.05) is 42.8 Å². The summed E-state index contributed by atoms with van der Waals surface area (Å²) in [4.78, 5) is 0. The molecule has 0 bridgehead atoms. The lowest BCUT2D eigenvalue weighted by molar-refractivity contribution is -0.764. The summed E-state index contributed by atoms with van der Waals surface area (Å²) in [7, 11) is 0. The summed E-state index contributed by atoms with van der Waals surface area (Å²) in [6.45, 7) is 16.9. The van der Waals surface area contributed by atoms with Gasteiger partial charge in [-0.25, -0.2) is 0 Å². The second-order valence-corrected chi connectivity index (χ2v) is 15.2. The molecule has 1 unspecified atom stereocenters. The Morgan fingerprint density at radius 1 is 0.688 bits per heavy atom. The number of fused-ring (bicyclic) bond motifs is 7. The van der Waals surface area contributed by atoms with Crippen LogP contribution in [0.3, 0.4) is 0 Å². The minimum absolute atomic E-state index is 0.0615. The lowest BCUT2D eigenvalue weighted by Gasteiger charge is -2.40. The van der Waals surface area contributed by atoms with Crippen LogP contribution >= 0.6 is 0 Å². The van der Waals surface area contributed by atoms with Gasteiger partial charge < -0.3 is 4.74 Å². The molecule has 8 rings (SSSR count). The molecule has 242 valence electrons.